The molecule has 0 N–H and O–H groups in total. The van der Waals surface area contributed by atoms with Gasteiger partial charge in [-0.15, -0.1) is 0 Å². The molecular weight excluding hydrogens is 727 g/mol. The molecule has 3 aromatic heterocycles. The van der Waals surface area contributed by atoms with Crippen molar-refractivity contribution in [2.45, 2.75) is 79.2 Å². The third-order valence-electron chi connectivity index (χ3n) is 11.5. The van der Waals surface area contributed by atoms with Crippen molar-refractivity contribution in [3.63, 3.8) is 0 Å². The number of aliphatic imine (C=N–C) groups is 1. The Bertz CT molecular complexity index is 2350. The fourth-order valence-corrected chi connectivity index (χ4v) is 9.14. The summed E-state index contributed by atoms with van der Waals surface area (Å²) in [6.45, 7) is 11.5. The van der Waals surface area contributed by atoms with Gasteiger partial charge in [-0.3, -0.25) is 14.5 Å². The first-order valence-corrected chi connectivity index (χ1v) is 20.1. The number of anilines is 1. The van der Waals surface area contributed by atoms with E-state index in [-0.39, 0.29) is 6.04 Å². The number of allylic oxidation sites excluding steroid dienone is 3. The lowest BCUT2D eigenvalue weighted by atomic mass is 9.88. The zero-order chi connectivity index (χ0) is 39.1. The molecule has 5 aromatic rings. The Morgan fingerprint density at radius 2 is 1.84 bits per heavy atom. The number of fused-ring (bicyclic) bond motifs is 2. The second-order valence-corrected chi connectivity index (χ2v) is 16.3. The summed E-state index contributed by atoms with van der Waals surface area (Å²) in [6, 6.07) is 7.92. The van der Waals surface area contributed by atoms with Crippen LogP contribution in [-0.4, -0.2) is 51.6 Å². The molecule has 1 unspecified atom stereocenters. The third-order valence-corrected chi connectivity index (χ3v) is 12.4. The van der Waals surface area contributed by atoms with Crippen LogP contribution in [0, 0.1) is 33.6 Å². The van der Waals surface area contributed by atoms with Crippen molar-refractivity contribution in [3.05, 3.63) is 103 Å². The molecule has 8 nitrogen and oxygen atoms in total. The largest absolute Gasteiger partial charge is 0.494 e. The minimum Gasteiger partial charge on any atom is -0.494 e. The number of halogens is 2. The molecule has 1 aliphatic carbocycles. The van der Waals surface area contributed by atoms with Crippen molar-refractivity contribution in [2.24, 2.45) is 25.0 Å². The summed E-state index contributed by atoms with van der Waals surface area (Å²) in [5, 5.41) is 7.20. The second-order valence-electron chi connectivity index (χ2n) is 15.5. The van der Waals surface area contributed by atoms with Crippen LogP contribution in [0.25, 0.3) is 28.1 Å². The number of aromatic nitrogens is 4. The standard InChI is InChI=1S/C45H52Cl2N6O2/c1-27-20-34(21-28(2)44(27)47)55-19-11-13-35-36-15-16-38(46)43(42-30(4)49-52(8)31(42)5)45(36)53(41(35)26-54)29(3)24-50(6)40-25-51(7)39-17-14-32(23-37(39)40)22-33-12-9-10-18-48-33/h12,14-18,20-21,25-26,29,32H,9-11,13,19,22-24H2,1-8H3/t29-,32?/m1/s1. The topological polar surface area (TPSA) is 69.6 Å². The third kappa shape index (κ3) is 7.43. The SMILES string of the molecule is Cc1cc(OCCCc2c(C=O)n([C@H](C)CN(C)c3cn(C)c4c3CC(CC3=CCCC=N3)C=C4)c3c(-c4c(C)nn(C)c4C)c(Cl)ccc23)cc(C)c1Cl. The Kier molecular flexibility index (Phi) is 11.2. The number of aldehydes is 1. The highest BCUT2D eigenvalue weighted by Crippen LogP contribution is 2.43. The summed E-state index contributed by atoms with van der Waals surface area (Å²) in [5.74, 6) is 1.20. The van der Waals surface area contributed by atoms with E-state index in [1.54, 1.807) is 0 Å². The van der Waals surface area contributed by atoms with Crippen LogP contribution >= 0.6 is 23.2 Å². The molecule has 0 radical (unpaired) electrons. The van der Waals surface area contributed by atoms with Crippen LogP contribution in [0.15, 0.2) is 53.3 Å². The fraction of sp³-hybridized carbons (Fsp3) is 0.400. The molecule has 0 fully saturated rings. The smallest absolute Gasteiger partial charge is 0.166 e. The lowest BCUT2D eigenvalue weighted by molar-refractivity contribution is 0.111. The molecular formula is C45H52Cl2N6O2. The normalized spacial score (nSPS) is 15.7. The summed E-state index contributed by atoms with van der Waals surface area (Å²) in [5.41, 5.74) is 13.5. The number of likely N-dealkylation sites (N-methyl/N-ethyl adjacent to an activating group) is 1. The van der Waals surface area contributed by atoms with Crippen LogP contribution < -0.4 is 9.64 Å². The molecule has 288 valence electrons. The highest BCUT2D eigenvalue weighted by molar-refractivity contribution is 6.35. The number of hydrogen-bond donors (Lipinski definition) is 0. The van der Waals surface area contributed by atoms with E-state index in [4.69, 9.17) is 33.0 Å². The van der Waals surface area contributed by atoms with Gasteiger partial charge < -0.3 is 18.8 Å². The summed E-state index contributed by atoms with van der Waals surface area (Å²) < 4.78 is 12.6. The first kappa shape index (κ1) is 38.7. The summed E-state index contributed by atoms with van der Waals surface area (Å²) in [7, 11) is 6.25. The lowest BCUT2D eigenvalue weighted by Gasteiger charge is -2.28. The van der Waals surface area contributed by atoms with Gasteiger partial charge in [-0.1, -0.05) is 41.4 Å². The molecule has 2 aliphatic rings. The molecule has 10 heteroatoms. The molecule has 4 heterocycles. The first-order valence-electron chi connectivity index (χ1n) is 19.4. The van der Waals surface area contributed by atoms with E-state index in [0.717, 1.165) is 99.3 Å². The van der Waals surface area contributed by atoms with E-state index in [1.807, 2.05) is 56.9 Å². The van der Waals surface area contributed by atoms with E-state index in [2.05, 4.69) is 77.5 Å². The van der Waals surface area contributed by atoms with E-state index in [9.17, 15) is 4.79 Å². The number of benzene rings is 2. The van der Waals surface area contributed by atoms with Crippen molar-refractivity contribution >= 4 is 58.4 Å². The average molecular weight is 780 g/mol. The molecule has 2 atom stereocenters. The molecule has 2 aromatic carbocycles. The van der Waals surface area contributed by atoms with Gasteiger partial charge in [-0.2, -0.15) is 5.10 Å². The summed E-state index contributed by atoms with van der Waals surface area (Å²) >= 11 is 13.6. The quantitative estimate of drug-likeness (QED) is 0.0881. The molecule has 55 heavy (non-hydrogen) atoms. The molecule has 7 rings (SSSR count). The van der Waals surface area contributed by atoms with E-state index in [0.29, 0.717) is 36.2 Å². The predicted molar refractivity (Wildman–Crippen MR) is 229 cm³/mol. The highest BCUT2D eigenvalue weighted by atomic mass is 35.5. The van der Waals surface area contributed by atoms with Crippen molar-refractivity contribution in [2.75, 3.05) is 25.1 Å². The van der Waals surface area contributed by atoms with Gasteiger partial charge in [0.15, 0.2) is 6.29 Å². The minimum atomic E-state index is -0.0836. The number of carbonyl (C=O) groups excluding carboxylic acids is 1. The van der Waals surface area contributed by atoms with Crippen molar-refractivity contribution < 1.29 is 9.53 Å². The number of aryl methyl sites for hydroxylation is 6. The monoisotopic (exact) mass is 778 g/mol. The molecule has 0 spiro atoms. The maximum Gasteiger partial charge on any atom is 0.166 e. The minimum absolute atomic E-state index is 0.0836. The number of ether oxygens (including phenoxy) is 1. The van der Waals surface area contributed by atoms with E-state index >= 15 is 0 Å². The van der Waals surface area contributed by atoms with Gasteiger partial charge in [0.1, 0.15) is 5.75 Å². The van der Waals surface area contributed by atoms with Crippen LogP contribution in [-0.2, 0) is 26.9 Å². The van der Waals surface area contributed by atoms with Gasteiger partial charge >= 0.3 is 0 Å². The molecule has 0 bridgehead atoms. The van der Waals surface area contributed by atoms with Gasteiger partial charge in [-0.05, 0) is 120 Å². The Hall–Kier alpha value is -4.53. The van der Waals surface area contributed by atoms with Gasteiger partial charge in [0.05, 0.1) is 34.2 Å². The Balaban J connectivity index is 1.24. The number of carbonyl (C=O) groups is 1. The second kappa shape index (κ2) is 15.9. The van der Waals surface area contributed by atoms with E-state index in [1.165, 1.54) is 22.6 Å². The predicted octanol–water partition coefficient (Wildman–Crippen LogP) is 10.8. The molecule has 1 aliphatic heterocycles. The maximum absolute atomic E-state index is 13.4. The van der Waals surface area contributed by atoms with E-state index < -0.39 is 0 Å². The Morgan fingerprint density at radius 3 is 2.51 bits per heavy atom. The number of rotatable bonds is 13. The Labute approximate surface area is 335 Å². The van der Waals surface area contributed by atoms with Crippen LogP contribution in [0.5, 0.6) is 5.75 Å². The number of hydrogen-bond acceptors (Lipinski definition) is 5. The average Bonchev–Trinajstić information content (AvgIpc) is 3.75. The highest BCUT2D eigenvalue weighted by Gasteiger charge is 2.29. The first-order chi connectivity index (χ1) is 26.4. The van der Waals surface area contributed by atoms with Crippen LogP contribution in [0.3, 0.4) is 0 Å². The number of nitrogens with zero attached hydrogens (tertiary/aromatic N) is 6. The van der Waals surface area contributed by atoms with Crippen molar-refractivity contribution in [1.82, 2.24) is 18.9 Å². The zero-order valence-electron chi connectivity index (χ0n) is 33.3. The van der Waals surface area contributed by atoms with Crippen LogP contribution in [0.2, 0.25) is 10.0 Å². The zero-order valence-corrected chi connectivity index (χ0v) is 34.9. The summed E-state index contributed by atoms with van der Waals surface area (Å²) in [6.07, 6.45) is 17.6. The lowest BCUT2D eigenvalue weighted by Crippen LogP contribution is -2.27. The molecule has 0 saturated heterocycles. The fourth-order valence-electron chi connectivity index (χ4n) is 8.78. The van der Waals surface area contributed by atoms with Crippen molar-refractivity contribution in [3.8, 4) is 16.9 Å². The Morgan fingerprint density at radius 1 is 1.07 bits per heavy atom. The van der Waals surface area contributed by atoms with Gasteiger partial charge in [0, 0.05) is 90.3 Å². The van der Waals surface area contributed by atoms with Gasteiger partial charge in [0.2, 0.25) is 0 Å². The van der Waals surface area contributed by atoms with Gasteiger partial charge in [-0.25, -0.2) is 0 Å². The van der Waals surface area contributed by atoms with Crippen LogP contribution in [0.1, 0.15) is 88.5 Å². The van der Waals surface area contributed by atoms with Crippen LogP contribution in [0.4, 0.5) is 5.69 Å². The summed E-state index contributed by atoms with van der Waals surface area (Å²) in [4.78, 5) is 20.4. The molecule has 0 amide bonds. The van der Waals surface area contributed by atoms with Crippen molar-refractivity contribution in [1.29, 1.82) is 0 Å². The molecule has 0 saturated carbocycles. The maximum atomic E-state index is 13.4. The van der Waals surface area contributed by atoms with Gasteiger partial charge in [0.25, 0.3) is 0 Å².